The highest BCUT2D eigenvalue weighted by atomic mass is 16.5. The van der Waals surface area contributed by atoms with Crippen LogP contribution in [0.3, 0.4) is 0 Å². The first-order valence-electron chi connectivity index (χ1n) is 6.69. The average Bonchev–Trinajstić information content (AvgIpc) is 2.46. The van der Waals surface area contributed by atoms with Gasteiger partial charge in [0.15, 0.2) is 0 Å². The van der Waals surface area contributed by atoms with Crippen LogP contribution in [0.15, 0.2) is 42.5 Å². The molecule has 0 bridgehead atoms. The molecule has 3 heteroatoms. The number of phenolic OH excluding ortho intramolecular Hbond substituents is 1. The molecule has 0 aromatic heterocycles. The minimum absolute atomic E-state index is 0.0728. The van der Waals surface area contributed by atoms with Crippen LogP contribution in [-0.4, -0.2) is 19.3 Å². The van der Waals surface area contributed by atoms with Crippen LogP contribution in [-0.2, 0) is 0 Å². The van der Waals surface area contributed by atoms with E-state index in [1.165, 1.54) is 5.56 Å². The Hall–Kier alpha value is -2.16. The molecule has 0 heterocycles. The summed E-state index contributed by atoms with van der Waals surface area (Å²) >= 11 is 0. The van der Waals surface area contributed by atoms with E-state index in [4.69, 9.17) is 4.74 Å². The van der Waals surface area contributed by atoms with Gasteiger partial charge in [0.05, 0.1) is 13.2 Å². The lowest BCUT2D eigenvalue weighted by atomic mass is 10.0. The molecule has 0 saturated carbocycles. The predicted octanol–water partition coefficient (Wildman–Crippen LogP) is 3.91. The SMILES string of the molecule is COc1ccc(C(C)N(C)c2ccc(C)cc2)c(O)c1. The minimum atomic E-state index is 0.0728. The monoisotopic (exact) mass is 271 g/mol. The Morgan fingerprint density at radius 3 is 2.30 bits per heavy atom. The molecule has 0 saturated heterocycles. The molecule has 2 aromatic rings. The quantitative estimate of drug-likeness (QED) is 0.915. The molecule has 0 amide bonds. The summed E-state index contributed by atoms with van der Waals surface area (Å²) in [5, 5.41) is 10.1. The first kappa shape index (κ1) is 14.3. The lowest BCUT2D eigenvalue weighted by Crippen LogP contribution is -2.21. The van der Waals surface area contributed by atoms with Gasteiger partial charge in [0.25, 0.3) is 0 Å². The van der Waals surface area contributed by atoms with Gasteiger partial charge in [0.2, 0.25) is 0 Å². The second-order valence-electron chi connectivity index (χ2n) is 5.05. The van der Waals surface area contributed by atoms with Crippen LogP contribution in [0.4, 0.5) is 5.69 Å². The zero-order chi connectivity index (χ0) is 14.7. The van der Waals surface area contributed by atoms with Gasteiger partial charge >= 0.3 is 0 Å². The Morgan fingerprint density at radius 2 is 1.75 bits per heavy atom. The Labute approximate surface area is 120 Å². The van der Waals surface area contributed by atoms with Gasteiger partial charge in [-0.05, 0) is 38.1 Å². The van der Waals surface area contributed by atoms with Crippen molar-refractivity contribution >= 4 is 5.69 Å². The van der Waals surface area contributed by atoms with E-state index < -0.39 is 0 Å². The molecular formula is C17H21NO2. The third kappa shape index (κ3) is 2.87. The normalized spacial score (nSPS) is 12.0. The minimum Gasteiger partial charge on any atom is -0.507 e. The van der Waals surface area contributed by atoms with Gasteiger partial charge in [0, 0.05) is 24.4 Å². The first-order valence-corrected chi connectivity index (χ1v) is 6.69. The third-order valence-corrected chi connectivity index (χ3v) is 3.71. The van der Waals surface area contributed by atoms with E-state index in [1.54, 1.807) is 13.2 Å². The van der Waals surface area contributed by atoms with Crippen molar-refractivity contribution in [2.75, 3.05) is 19.1 Å². The zero-order valence-corrected chi connectivity index (χ0v) is 12.4. The fourth-order valence-electron chi connectivity index (χ4n) is 2.22. The molecule has 0 fully saturated rings. The van der Waals surface area contributed by atoms with E-state index in [9.17, 15) is 5.11 Å². The molecule has 2 aromatic carbocycles. The highest BCUT2D eigenvalue weighted by Crippen LogP contribution is 2.33. The fraction of sp³-hybridized carbons (Fsp3) is 0.294. The molecule has 20 heavy (non-hydrogen) atoms. The van der Waals surface area contributed by atoms with E-state index >= 15 is 0 Å². The van der Waals surface area contributed by atoms with Crippen molar-refractivity contribution < 1.29 is 9.84 Å². The van der Waals surface area contributed by atoms with Crippen molar-refractivity contribution in [3.63, 3.8) is 0 Å². The van der Waals surface area contributed by atoms with Crippen LogP contribution in [0.25, 0.3) is 0 Å². The summed E-state index contributed by atoms with van der Waals surface area (Å²) in [7, 11) is 3.62. The summed E-state index contributed by atoms with van der Waals surface area (Å²) in [6.07, 6.45) is 0. The number of aryl methyl sites for hydroxylation is 1. The van der Waals surface area contributed by atoms with E-state index in [2.05, 4.69) is 43.0 Å². The smallest absolute Gasteiger partial charge is 0.124 e. The molecular weight excluding hydrogens is 250 g/mol. The van der Waals surface area contributed by atoms with E-state index in [0.29, 0.717) is 5.75 Å². The van der Waals surface area contributed by atoms with Gasteiger partial charge in [-0.3, -0.25) is 0 Å². The van der Waals surface area contributed by atoms with Crippen LogP contribution in [0.1, 0.15) is 24.1 Å². The molecule has 106 valence electrons. The summed E-state index contributed by atoms with van der Waals surface area (Å²) < 4.78 is 5.11. The number of aromatic hydroxyl groups is 1. The summed E-state index contributed by atoms with van der Waals surface area (Å²) in [4.78, 5) is 2.14. The van der Waals surface area contributed by atoms with Gasteiger partial charge in [0.1, 0.15) is 11.5 Å². The highest BCUT2D eigenvalue weighted by molar-refractivity contribution is 5.51. The van der Waals surface area contributed by atoms with Gasteiger partial charge in [-0.25, -0.2) is 0 Å². The molecule has 1 atom stereocenters. The molecule has 1 unspecified atom stereocenters. The van der Waals surface area contributed by atoms with Crippen LogP contribution < -0.4 is 9.64 Å². The summed E-state index contributed by atoms with van der Waals surface area (Å²) in [6, 6.07) is 13.9. The number of phenols is 1. The number of hydrogen-bond acceptors (Lipinski definition) is 3. The van der Waals surface area contributed by atoms with Crippen LogP contribution >= 0.6 is 0 Å². The van der Waals surface area contributed by atoms with Gasteiger partial charge in [-0.1, -0.05) is 17.7 Å². The molecule has 0 radical (unpaired) electrons. The number of anilines is 1. The average molecular weight is 271 g/mol. The third-order valence-electron chi connectivity index (χ3n) is 3.71. The maximum atomic E-state index is 10.1. The van der Waals surface area contributed by atoms with Gasteiger partial charge in [-0.15, -0.1) is 0 Å². The lowest BCUT2D eigenvalue weighted by molar-refractivity contribution is 0.405. The van der Waals surface area contributed by atoms with Crippen LogP contribution in [0.5, 0.6) is 11.5 Å². The Kier molecular flexibility index (Phi) is 4.18. The number of nitrogens with zero attached hydrogens (tertiary/aromatic N) is 1. The number of benzene rings is 2. The number of hydrogen-bond donors (Lipinski definition) is 1. The molecule has 0 aliphatic rings. The number of rotatable bonds is 4. The maximum Gasteiger partial charge on any atom is 0.124 e. The predicted molar refractivity (Wildman–Crippen MR) is 82.7 cm³/mol. The summed E-state index contributed by atoms with van der Waals surface area (Å²) in [6.45, 7) is 4.14. The van der Waals surface area contributed by atoms with E-state index in [1.807, 2.05) is 19.2 Å². The molecule has 3 nitrogen and oxygen atoms in total. The number of ether oxygens (including phenoxy) is 1. The second kappa shape index (κ2) is 5.87. The fourth-order valence-corrected chi connectivity index (χ4v) is 2.22. The van der Waals surface area contributed by atoms with Crippen molar-refractivity contribution in [3.8, 4) is 11.5 Å². The Bertz CT molecular complexity index is 578. The van der Waals surface area contributed by atoms with Gasteiger partial charge < -0.3 is 14.7 Å². The number of methoxy groups -OCH3 is 1. The Balaban J connectivity index is 2.26. The molecule has 0 spiro atoms. The van der Waals surface area contributed by atoms with Crippen LogP contribution in [0.2, 0.25) is 0 Å². The second-order valence-corrected chi connectivity index (χ2v) is 5.05. The van der Waals surface area contributed by atoms with E-state index in [0.717, 1.165) is 11.3 Å². The van der Waals surface area contributed by atoms with Crippen LogP contribution in [0, 0.1) is 6.92 Å². The molecule has 1 N–H and O–H groups in total. The van der Waals surface area contributed by atoms with Crippen molar-refractivity contribution in [1.82, 2.24) is 0 Å². The standard InChI is InChI=1S/C17H21NO2/c1-12-5-7-14(8-6-12)18(3)13(2)16-10-9-15(20-4)11-17(16)19/h5-11,13,19H,1-4H3. The zero-order valence-electron chi connectivity index (χ0n) is 12.4. The largest absolute Gasteiger partial charge is 0.507 e. The molecule has 2 rings (SSSR count). The first-order chi connectivity index (χ1) is 9.52. The summed E-state index contributed by atoms with van der Waals surface area (Å²) in [5.74, 6) is 0.923. The lowest BCUT2D eigenvalue weighted by Gasteiger charge is -2.28. The maximum absolute atomic E-state index is 10.1. The van der Waals surface area contributed by atoms with Gasteiger partial charge in [-0.2, -0.15) is 0 Å². The van der Waals surface area contributed by atoms with Crippen molar-refractivity contribution in [2.45, 2.75) is 19.9 Å². The van der Waals surface area contributed by atoms with Crippen molar-refractivity contribution in [2.24, 2.45) is 0 Å². The topological polar surface area (TPSA) is 32.7 Å². The molecule has 0 aliphatic heterocycles. The molecule has 0 aliphatic carbocycles. The van der Waals surface area contributed by atoms with E-state index in [-0.39, 0.29) is 11.8 Å². The van der Waals surface area contributed by atoms with Crippen molar-refractivity contribution in [3.05, 3.63) is 53.6 Å². The summed E-state index contributed by atoms with van der Waals surface area (Å²) in [5.41, 5.74) is 3.24. The Morgan fingerprint density at radius 1 is 1.10 bits per heavy atom. The highest BCUT2D eigenvalue weighted by Gasteiger charge is 2.16. The van der Waals surface area contributed by atoms with Crippen molar-refractivity contribution in [1.29, 1.82) is 0 Å².